The molecule has 0 radical (unpaired) electrons. The van der Waals surface area contributed by atoms with Crippen LogP contribution in [0.15, 0.2) is 48.5 Å². The second-order valence-corrected chi connectivity index (χ2v) is 10.0. The summed E-state index contributed by atoms with van der Waals surface area (Å²) in [5, 5.41) is 24.6. The number of hydrogen-bond donors (Lipinski definition) is 3. The zero-order valence-electron chi connectivity index (χ0n) is 23.5. The van der Waals surface area contributed by atoms with E-state index in [1.165, 1.54) is 44.9 Å². The second kappa shape index (κ2) is 12.8. The molecule has 1 aliphatic rings. The van der Waals surface area contributed by atoms with Crippen molar-refractivity contribution in [2.24, 2.45) is 0 Å². The van der Waals surface area contributed by atoms with E-state index in [0.717, 1.165) is 11.4 Å². The molecule has 1 amide bonds. The number of methoxy groups -OCH3 is 2. The number of non-ortho nitro benzene ring substituents is 1. The van der Waals surface area contributed by atoms with Gasteiger partial charge in [0.25, 0.3) is 11.6 Å². The molecule has 214 valence electrons. The highest BCUT2D eigenvalue weighted by Crippen LogP contribution is 2.45. The molecule has 11 heteroatoms. The number of nitro groups is 1. The molecule has 0 aliphatic carbocycles. The van der Waals surface area contributed by atoms with Crippen LogP contribution in [-0.2, 0) is 11.4 Å². The summed E-state index contributed by atoms with van der Waals surface area (Å²) in [6, 6.07) is 12.6. The van der Waals surface area contributed by atoms with E-state index in [0.29, 0.717) is 33.9 Å². The fourth-order valence-electron chi connectivity index (χ4n) is 4.37. The number of nitrogens with zero attached hydrogens (tertiary/aromatic N) is 2. The summed E-state index contributed by atoms with van der Waals surface area (Å²) in [6.45, 7) is 5.67. The Kier molecular flexibility index (Phi) is 9.75. The Balaban J connectivity index is 0.00000103. The Morgan fingerprint density at radius 2 is 1.68 bits per heavy atom. The first-order valence-corrected chi connectivity index (χ1v) is 13.3. The van der Waals surface area contributed by atoms with Crippen molar-refractivity contribution in [2.45, 2.75) is 39.3 Å². The minimum absolute atomic E-state index is 0.0419. The van der Waals surface area contributed by atoms with E-state index in [2.05, 4.69) is 24.9 Å². The van der Waals surface area contributed by atoms with Crippen molar-refractivity contribution >= 4 is 35.6 Å². The van der Waals surface area contributed by atoms with Crippen molar-refractivity contribution in [1.82, 2.24) is 0 Å². The summed E-state index contributed by atoms with van der Waals surface area (Å²) in [6.07, 6.45) is 1.18. The van der Waals surface area contributed by atoms with Crippen LogP contribution in [0.2, 0.25) is 0 Å². The maximum absolute atomic E-state index is 13.1. The van der Waals surface area contributed by atoms with Gasteiger partial charge in [0.2, 0.25) is 0 Å². The lowest BCUT2D eigenvalue weighted by molar-refractivity contribution is -0.385. The third-order valence-electron chi connectivity index (χ3n) is 6.33. The number of carbonyl (C=O) groups is 1. The van der Waals surface area contributed by atoms with Crippen LogP contribution >= 0.6 is 12.6 Å². The van der Waals surface area contributed by atoms with E-state index in [4.69, 9.17) is 14.2 Å². The zero-order chi connectivity index (χ0) is 29.6. The third-order valence-corrected chi connectivity index (χ3v) is 6.78. The number of rotatable bonds is 8. The molecule has 0 fully saturated rings. The maximum atomic E-state index is 13.1. The number of phenolic OH excluding ortho intramolecular Hbond substituents is 1. The van der Waals surface area contributed by atoms with Gasteiger partial charge < -0.3 is 29.5 Å². The Bertz CT molecular complexity index is 1390. The minimum atomic E-state index is -0.819. The molecule has 0 saturated heterocycles. The molecule has 10 nitrogen and oxygen atoms in total. The Labute approximate surface area is 239 Å². The summed E-state index contributed by atoms with van der Waals surface area (Å²) < 4.78 is 16.9. The van der Waals surface area contributed by atoms with Crippen LogP contribution in [0.3, 0.4) is 0 Å². The number of thiol groups is 1. The first-order chi connectivity index (χ1) is 19.0. The number of amides is 1. The number of anilines is 2. The van der Waals surface area contributed by atoms with E-state index in [9.17, 15) is 20.0 Å². The van der Waals surface area contributed by atoms with Gasteiger partial charge in [-0.15, -0.1) is 0 Å². The highest BCUT2D eigenvalue weighted by atomic mass is 32.1. The van der Waals surface area contributed by atoms with Gasteiger partial charge in [-0.3, -0.25) is 14.9 Å². The topological polar surface area (TPSA) is 123 Å². The van der Waals surface area contributed by atoms with Crippen molar-refractivity contribution in [3.05, 3.63) is 64.2 Å². The van der Waals surface area contributed by atoms with Gasteiger partial charge in [0.1, 0.15) is 23.6 Å². The smallest absolute Gasteiger partial charge is 0.273 e. The zero-order valence-corrected chi connectivity index (χ0v) is 24.4. The van der Waals surface area contributed by atoms with E-state index >= 15 is 0 Å². The SMILES string of the molecule is CCCS.COc1ccc([N+](=O)[O-])cc1OCc1c(-c2ccc(O)cc2OC)ccc2c1N(C)C(=O)C(C)(C)N2. The van der Waals surface area contributed by atoms with E-state index in [-0.39, 0.29) is 29.7 Å². The van der Waals surface area contributed by atoms with Crippen molar-refractivity contribution in [3.8, 4) is 34.1 Å². The molecule has 2 N–H and O–H groups in total. The highest BCUT2D eigenvalue weighted by molar-refractivity contribution is 7.80. The van der Waals surface area contributed by atoms with Gasteiger partial charge in [0.05, 0.1) is 36.6 Å². The van der Waals surface area contributed by atoms with Crippen molar-refractivity contribution < 1.29 is 29.0 Å². The molecule has 4 rings (SSSR count). The summed E-state index contributed by atoms with van der Waals surface area (Å²) in [7, 11) is 4.64. The predicted octanol–water partition coefficient (Wildman–Crippen LogP) is 6.06. The summed E-state index contributed by atoms with van der Waals surface area (Å²) in [4.78, 5) is 25.5. The van der Waals surface area contributed by atoms with Gasteiger partial charge in [-0.25, -0.2) is 0 Å². The average Bonchev–Trinajstić information content (AvgIpc) is 2.94. The molecule has 0 saturated carbocycles. The molecule has 0 aromatic heterocycles. The molecule has 1 aliphatic heterocycles. The molecule has 0 atom stereocenters. The number of ether oxygens (including phenoxy) is 3. The largest absolute Gasteiger partial charge is 0.508 e. The number of nitro benzene ring substituents is 1. The van der Waals surface area contributed by atoms with Gasteiger partial charge in [-0.05, 0) is 55.9 Å². The standard InChI is InChI=1S/C26H27N3O7.C3H8S/c1-26(2)25(31)28(3)24-19(14-36-23-12-15(29(32)33)6-11-21(23)34-4)17(9-10-20(24)27-26)18-8-7-16(30)13-22(18)35-5;1-2-3-4/h6-13,27,30H,14H2,1-5H3;4H,2-3H2,1H3. The molecular formula is C29H35N3O7S. The molecule has 0 unspecified atom stereocenters. The maximum Gasteiger partial charge on any atom is 0.273 e. The molecule has 3 aromatic carbocycles. The number of phenols is 1. The monoisotopic (exact) mass is 569 g/mol. The molecule has 40 heavy (non-hydrogen) atoms. The highest BCUT2D eigenvalue weighted by Gasteiger charge is 2.38. The lowest BCUT2D eigenvalue weighted by Gasteiger charge is -2.39. The molecular weight excluding hydrogens is 534 g/mol. The van der Waals surface area contributed by atoms with E-state index < -0.39 is 10.5 Å². The Morgan fingerprint density at radius 1 is 1.02 bits per heavy atom. The molecule has 0 bridgehead atoms. The number of fused-ring (bicyclic) bond motifs is 1. The summed E-state index contributed by atoms with van der Waals surface area (Å²) >= 11 is 3.92. The fraction of sp³-hybridized carbons (Fsp3) is 0.345. The van der Waals surface area contributed by atoms with Crippen LogP contribution in [-0.4, -0.2) is 48.5 Å². The summed E-state index contributed by atoms with van der Waals surface area (Å²) in [5.74, 6) is 1.87. The van der Waals surface area contributed by atoms with Crippen LogP contribution in [0.1, 0.15) is 32.8 Å². The van der Waals surface area contributed by atoms with Crippen LogP contribution in [0, 0.1) is 10.1 Å². The number of aromatic hydroxyl groups is 1. The number of likely N-dealkylation sites (N-methyl/N-ethyl adjacent to an activating group) is 1. The molecule has 3 aromatic rings. The van der Waals surface area contributed by atoms with Crippen LogP contribution < -0.4 is 24.4 Å². The van der Waals surface area contributed by atoms with Crippen LogP contribution in [0.4, 0.5) is 17.1 Å². The fourth-order valence-corrected chi connectivity index (χ4v) is 4.37. The normalized spacial score (nSPS) is 13.4. The van der Waals surface area contributed by atoms with Gasteiger partial charge >= 0.3 is 0 Å². The number of nitrogens with one attached hydrogen (secondary N) is 1. The molecule has 0 spiro atoms. The lowest BCUT2D eigenvalue weighted by atomic mass is 9.91. The first kappa shape index (κ1) is 30.4. The third kappa shape index (κ3) is 6.36. The number of carbonyl (C=O) groups excluding carboxylic acids is 1. The first-order valence-electron chi connectivity index (χ1n) is 12.6. The van der Waals surface area contributed by atoms with E-state index in [1.807, 2.05) is 12.1 Å². The van der Waals surface area contributed by atoms with Crippen LogP contribution in [0.5, 0.6) is 23.0 Å². The second-order valence-electron chi connectivity index (χ2n) is 9.59. The van der Waals surface area contributed by atoms with E-state index in [1.54, 1.807) is 37.9 Å². The van der Waals surface area contributed by atoms with Gasteiger partial charge in [-0.2, -0.15) is 12.6 Å². The molecule has 1 heterocycles. The quantitative estimate of drug-likeness (QED) is 0.170. The minimum Gasteiger partial charge on any atom is -0.508 e. The Hall–Kier alpha value is -4.12. The summed E-state index contributed by atoms with van der Waals surface area (Å²) in [5.41, 5.74) is 2.40. The van der Waals surface area contributed by atoms with Gasteiger partial charge in [0, 0.05) is 30.3 Å². The van der Waals surface area contributed by atoms with Crippen LogP contribution in [0.25, 0.3) is 11.1 Å². The van der Waals surface area contributed by atoms with Crippen molar-refractivity contribution in [2.75, 3.05) is 37.2 Å². The average molecular weight is 570 g/mol. The van der Waals surface area contributed by atoms with Crippen molar-refractivity contribution in [3.63, 3.8) is 0 Å². The van der Waals surface area contributed by atoms with Gasteiger partial charge in [-0.1, -0.05) is 13.0 Å². The van der Waals surface area contributed by atoms with Crippen molar-refractivity contribution in [1.29, 1.82) is 0 Å². The number of hydrogen-bond acceptors (Lipinski definition) is 9. The Morgan fingerprint density at radius 3 is 2.27 bits per heavy atom. The predicted molar refractivity (Wildman–Crippen MR) is 159 cm³/mol. The number of benzene rings is 3. The lowest BCUT2D eigenvalue weighted by Crippen LogP contribution is -2.52. The van der Waals surface area contributed by atoms with Gasteiger partial charge in [0.15, 0.2) is 11.5 Å².